The second kappa shape index (κ2) is 19.4. The molecule has 0 fully saturated rings. The molecule has 0 aliphatic heterocycles. The first kappa shape index (κ1) is 52.0. The second-order valence-corrected chi connectivity index (χ2v) is 17.6. The molecular weight excluding hydrogens is 727 g/mol. The minimum atomic E-state index is -0.323. The Balaban J connectivity index is 0. The Morgan fingerprint density at radius 3 is 1.10 bits per heavy atom. The molecule has 0 aromatic carbocycles. The largest absolute Gasteiger partial charge is 2.00 e. The van der Waals surface area contributed by atoms with Gasteiger partial charge in [0.05, 0.1) is 23.4 Å². The van der Waals surface area contributed by atoms with Crippen LogP contribution in [0.1, 0.15) is 136 Å². The maximum absolute atomic E-state index is 6.74. The van der Waals surface area contributed by atoms with E-state index in [-0.39, 0.29) is 113 Å². The molecule has 0 aromatic rings. The third-order valence-corrected chi connectivity index (χ3v) is 10.3. The van der Waals surface area contributed by atoms with E-state index in [0.717, 1.165) is 25.7 Å². The van der Waals surface area contributed by atoms with Crippen LogP contribution in [-0.4, -0.2) is 23.4 Å². The van der Waals surface area contributed by atoms with Gasteiger partial charge in [0, 0.05) is 0 Å². The van der Waals surface area contributed by atoms with Gasteiger partial charge in [0.15, 0.2) is 0 Å². The van der Waals surface area contributed by atoms with Crippen LogP contribution in [0.3, 0.4) is 0 Å². The molecule has 4 rings (SSSR count). The average molecular weight is 794 g/mol. The zero-order valence-electron chi connectivity index (χ0n) is 34.2. The molecule has 50 heavy (non-hydrogen) atoms. The zero-order chi connectivity index (χ0) is 34.9. The van der Waals surface area contributed by atoms with E-state index >= 15 is 0 Å². The number of hydrogen-bond acceptors (Lipinski definition) is 2. The van der Waals surface area contributed by atoms with Gasteiger partial charge >= 0.3 is 43.4 Å². The van der Waals surface area contributed by atoms with Crippen LogP contribution in [0.4, 0.5) is 0 Å². The van der Waals surface area contributed by atoms with E-state index < -0.39 is 0 Å². The van der Waals surface area contributed by atoms with Gasteiger partial charge < -0.3 is 34.3 Å². The Bertz CT molecular complexity index is 1280. The monoisotopic (exact) mass is 792 g/mol. The smallest absolute Gasteiger partial charge is 1.00 e. The quantitative estimate of drug-likeness (QED) is 0.210. The second-order valence-electron chi connectivity index (χ2n) is 17.6. The van der Waals surface area contributed by atoms with Crippen molar-refractivity contribution in [1.29, 1.82) is 0 Å². The Kier molecular flexibility index (Phi) is 20.2. The van der Waals surface area contributed by atoms with Crippen molar-refractivity contribution >= 4 is 0 Å². The van der Waals surface area contributed by atoms with Gasteiger partial charge in [0.25, 0.3) is 0 Å². The molecule has 0 radical (unpaired) electrons. The normalized spacial score (nSPS) is 23.5. The van der Waals surface area contributed by atoms with Gasteiger partial charge in [-0.2, -0.15) is 12.2 Å². The predicted molar refractivity (Wildman–Crippen MR) is 198 cm³/mol. The fourth-order valence-corrected chi connectivity index (χ4v) is 7.89. The van der Waals surface area contributed by atoms with Crippen LogP contribution in [0.25, 0.3) is 0 Å². The van der Waals surface area contributed by atoms with Gasteiger partial charge in [-0.15, -0.1) is 12.8 Å². The molecule has 2 unspecified atom stereocenters. The van der Waals surface area contributed by atoms with Crippen molar-refractivity contribution in [1.82, 2.24) is 0 Å². The molecule has 0 saturated carbocycles. The summed E-state index contributed by atoms with van der Waals surface area (Å²) in [5.74, 6) is 0. The third kappa shape index (κ3) is 11.0. The van der Waals surface area contributed by atoms with Gasteiger partial charge in [-0.25, -0.2) is 23.3 Å². The molecule has 4 aliphatic carbocycles. The van der Waals surface area contributed by atoms with Crippen molar-refractivity contribution < 1.29 is 77.7 Å². The molecule has 0 N–H and O–H groups in total. The zero-order valence-corrected chi connectivity index (χ0v) is 38.8. The summed E-state index contributed by atoms with van der Waals surface area (Å²) >= 11 is 0. The first-order chi connectivity index (χ1) is 21.0. The van der Waals surface area contributed by atoms with Crippen LogP contribution < -0.4 is 24.8 Å². The molecule has 0 amide bonds. The minimum Gasteiger partial charge on any atom is -1.00 e. The summed E-state index contributed by atoms with van der Waals surface area (Å²) in [5.41, 5.74) is 7.27. The predicted octanol–water partition coefficient (Wildman–Crippen LogP) is 6.38. The number of halogens is 2. The summed E-state index contributed by atoms with van der Waals surface area (Å²) in [6.45, 7) is 36.0. The summed E-state index contributed by atoms with van der Waals surface area (Å²) in [6.07, 6.45) is 29.4. The molecule has 276 valence electrons. The minimum absolute atomic E-state index is 0. The van der Waals surface area contributed by atoms with Crippen molar-refractivity contribution in [2.45, 2.75) is 160 Å². The van der Waals surface area contributed by atoms with Gasteiger partial charge in [-0.1, -0.05) is 105 Å². The first-order valence-electron chi connectivity index (χ1n) is 17.7. The van der Waals surface area contributed by atoms with Crippen molar-refractivity contribution in [2.75, 3.05) is 0 Å². The standard InChI is InChI=1S/2C22H33O.2ClH.2Ti/c2*1-16(2)23-22(21(7,8)18-11-9-10-12-18)14-13-17(3)15-19(22)20(4,5)6;;;;/h2*9,11,13,15-16H,10,14H2,1-8H3;2*1H;;/q2*-1;;;2*+2/p-2. The third-order valence-electron chi connectivity index (χ3n) is 10.3. The van der Waals surface area contributed by atoms with Gasteiger partial charge in [-0.3, -0.25) is 12.2 Å². The number of ether oxygens (including phenoxy) is 2. The molecule has 0 spiro atoms. The molecule has 0 bridgehead atoms. The maximum Gasteiger partial charge on any atom is 2.00 e. The van der Waals surface area contributed by atoms with Crippen LogP contribution in [0, 0.1) is 33.8 Å². The summed E-state index contributed by atoms with van der Waals surface area (Å²) in [4.78, 5) is 0. The molecule has 6 heteroatoms. The number of allylic oxidation sites excluding steroid dienone is 10. The van der Waals surface area contributed by atoms with Gasteiger partial charge in [0.2, 0.25) is 0 Å². The van der Waals surface area contributed by atoms with Crippen molar-refractivity contribution in [2.24, 2.45) is 21.7 Å². The molecule has 0 aromatic heterocycles. The Morgan fingerprint density at radius 1 is 0.580 bits per heavy atom. The van der Waals surface area contributed by atoms with E-state index in [4.69, 9.17) is 9.47 Å². The van der Waals surface area contributed by atoms with E-state index in [0.29, 0.717) is 0 Å². The Labute approximate surface area is 350 Å². The van der Waals surface area contributed by atoms with Crippen molar-refractivity contribution in [3.8, 4) is 0 Å². The van der Waals surface area contributed by atoms with Crippen LogP contribution in [0.15, 0.2) is 82.0 Å². The average Bonchev–Trinajstić information content (AvgIpc) is 3.65. The van der Waals surface area contributed by atoms with Gasteiger partial charge in [-0.05, 0) is 87.2 Å². The van der Waals surface area contributed by atoms with E-state index in [2.05, 4.69) is 172 Å². The maximum atomic E-state index is 6.74. The Hall–Kier alpha value is -0.151. The van der Waals surface area contributed by atoms with Crippen LogP contribution in [0.2, 0.25) is 0 Å². The summed E-state index contributed by atoms with van der Waals surface area (Å²) < 4.78 is 13.5. The van der Waals surface area contributed by atoms with Crippen molar-refractivity contribution in [3.63, 3.8) is 0 Å². The fourth-order valence-electron chi connectivity index (χ4n) is 7.89. The molecule has 0 saturated heterocycles. The SMILES string of the molecule is CC1=CCC(OC(C)C)(C(C)(C)C2=[C-]CC=C2)C(C(C)(C)C)=C1.CC1=CCC(OC(C)C)(C(C)(C)C2=[C-]CC=C2)C(C(C)(C)C)=C1.[Cl-].[Cl-].[Ti+2].[Ti+2]. The molecule has 2 atom stereocenters. The fraction of sp³-hybridized carbons (Fsp3) is 0.636. The molecule has 4 aliphatic rings. The summed E-state index contributed by atoms with van der Waals surface area (Å²) in [5, 5.41) is 0. The van der Waals surface area contributed by atoms with E-state index in [1.54, 1.807) is 0 Å². The van der Waals surface area contributed by atoms with Crippen molar-refractivity contribution in [3.05, 3.63) is 94.2 Å². The number of rotatable bonds is 8. The topological polar surface area (TPSA) is 18.5 Å². The van der Waals surface area contributed by atoms with Crippen LogP contribution in [0.5, 0.6) is 0 Å². The Morgan fingerprint density at radius 2 is 0.880 bits per heavy atom. The van der Waals surface area contributed by atoms with E-state index in [1.807, 2.05) is 0 Å². The van der Waals surface area contributed by atoms with E-state index in [9.17, 15) is 0 Å². The van der Waals surface area contributed by atoms with Gasteiger partial charge in [0.1, 0.15) is 0 Å². The van der Waals surface area contributed by atoms with Crippen LogP contribution in [-0.2, 0) is 52.9 Å². The molecular formula is C44H66Cl2O2Ti2. The van der Waals surface area contributed by atoms with E-state index in [1.165, 1.54) is 33.4 Å². The summed E-state index contributed by atoms with van der Waals surface area (Å²) in [6, 6.07) is 0. The number of hydrogen-bond donors (Lipinski definition) is 0. The first-order valence-corrected chi connectivity index (χ1v) is 17.7. The molecule has 0 heterocycles. The summed E-state index contributed by atoms with van der Waals surface area (Å²) in [7, 11) is 0. The van der Waals surface area contributed by atoms with Crippen LogP contribution >= 0.6 is 0 Å². The molecule has 2 nitrogen and oxygen atoms in total.